The molecular weight excluding hydrogens is 1200 g/mol. The largest absolute Gasteiger partial charge is 0.496 e. The Morgan fingerprint density at radius 1 is 0.240 bits per heavy atom. The highest BCUT2D eigenvalue weighted by molar-refractivity contribution is 5.80. The summed E-state index contributed by atoms with van der Waals surface area (Å²) in [6, 6.07) is 48.5. The van der Waals surface area contributed by atoms with Crippen molar-refractivity contribution in [1.29, 1.82) is 0 Å². The molecule has 0 saturated heterocycles. The molecule has 0 fully saturated rings. The van der Waals surface area contributed by atoms with Crippen molar-refractivity contribution >= 4 is 44.1 Å². The van der Waals surface area contributed by atoms with Crippen LogP contribution in [-0.4, -0.2) is 65.0 Å². The second-order valence-corrected chi connectivity index (χ2v) is 30.1. The van der Waals surface area contributed by atoms with Gasteiger partial charge in [0.05, 0.1) is 125 Å². The van der Waals surface area contributed by atoms with Crippen molar-refractivity contribution in [3.8, 4) is 23.0 Å². The molecule has 96 heavy (non-hydrogen) atoms. The van der Waals surface area contributed by atoms with Gasteiger partial charge in [0.25, 0.3) is 0 Å². The Hall–Kier alpha value is -9.96. The average Bonchev–Trinajstić information content (AvgIpc) is 1.67. The van der Waals surface area contributed by atoms with Crippen molar-refractivity contribution in [2.24, 2.45) is 0 Å². The van der Waals surface area contributed by atoms with E-state index in [1.165, 1.54) is 0 Å². The molecule has 5 heterocycles. The van der Waals surface area contributed by atoms with Gasteiger partial charge in [0, 0.05) is 44.5 Å². The van der Waals surface area contributed by atoms with E-state index >= 15 is 19.2 Å². The molecule has 8 aromatic carbocycles. The molecule has 0 atom stereocenters. The third-order valence-electron chi connectivity index (χ3n) is 19.6. The molecule has 0 unspecified atom stereocenters. The molecule has 16 heteroatoms. The number of aromatic nitrogens is 8. The van der Waals surface area contributed by atoms with E-state index in [0.717, 1.165) is 111 Å². The average molecular weight is 1290 g/mol. The maximum Gasteiger partial charge on any atom is 0.329 e. The van der Waals surface area contributed by atoms with Gasteiger partial charge in [0.2, 0.25) is 0 Å². The minimum atomic E-state index is -0.350. The molecule has 4 aromatic heterocycles. The van der Waals surface area contributed by atoms with Crippen molar-refractivity contribution < 1.29 is 18.9 Å². The Kier molecular flexibility index (Phi) is 16.2. The molecule has 0 amide bonds. The van der Waals surface area contributed by atoms with Crippen molar-refractivity contribution in [3.05, 3.63) is 254 Å². The summed E-state index contributed by atoms with van der Waals surface area (Å²) in [4.78, 5) is 62.6. The molecule has 0 N–H and O–H groups in total. The first kappa shape index (κ1) is 64.7. The third kappa shape index (κ3) is 11.3. The standard InChI is InChI=1S/C80H88N8O8/c1-77(2,3)57-33-49-41-81-61-25-17-19-27-63(61)83(73(81)89)43-51-35-58(78(4,5)6)37-53(70(51)94-14)45-85-65-29-21-23-31-67(65)87(75(85)91)47-55-39-60(80(10,11)12)40-56(72(55)96-16)48-88-68-32-24-22-30-66(68)86(76(88)92)46-54-38-59(79(7,8)9)36-52(71(54)95-15)44-84-64-28-20-18-26-62(64)82(74(84)90)42-50(34-57)69(49)93-13/h17-40H,41-48H2,1-16H3. The van der Waals surface area contributed by atoms with Crippen LogP contribution in [0.2, 0.25) is 0 Å². The van der Waals surface area contributed by atoms with Crippen LogP contribution < -0.4 is 41.7 Å². The fourth-order valence-electron chi connectivity index (χ4n) is 14.4. The number of fused-ring (bicyclic) bond motifs is 28. The lowest BCUT2D eigenvalue weighted by Gasteiger charge is -2.24. The van der Waals surface area contributed by atoms with Gasteiger partial charge >= 0.3 is 22.8 Å². The Bertz CT molecular complexity index is 4400. The van der Waals surface area contributed by atoms with Gasteiger partial charge in [-0.05, 0) is 141 Å². The molecule has 1 aliphatic heterocycles. The third-order valence-corrected chi connectivity index (χ3v) is 19.6. The number of methoxy groups -OCH3 is 4. The van der Waals surface area contributed by atoms with E-state index in [2.05, 4.69) is 132 Å². The summed E-state index contributed by atoms with van der Waals surface area (Å²) < 4.78 is 40.4. The summed E-state index contributed by atoms with van der Waals surface area (Å²) in [5.41, 5.74) is 13.9. The van der Waals surface area contributed by atoms with Crippen LogP contribution in [-0.2, 0) is 74.0 Å². The number of ether oxygens (including phenoxy) is 4. The second-order valence-electron chi connectivity index (χ2n) is 30.1. The molecule has 0 aliphatic carbocycles. The van der Waals surface area contributed by atoms with Crippen molar-refractivity contribution in [3.63, 3.8) is 0 Å². The molecule has 16 nitrogen and oxygen atoms in total. The van der Waals surface area contributed by atoms with Crippen molar-refractivity contribution in [2.45, 2.75) is 157 Å². The molecule has 0 radical (unpaired) electrons. The highest BCUT2D eigenvalue weighted by atomic mass is 16.5. The Balaban J connectivity index is 1.07. The number of para-hydroxylation sites is 8. The van der Waals surface area contributed by atoms with Crippen LogP contribution in [0.1, 0.15) is 150 Å². The van der Waals surface area contributed by atoms with Crippen molar-refractivity contribution in [2.75, 3.05) is 28.4 Å². The highest BCUT2D eigenvalue weighted by Gasteiger charge is 2.30. The summed E-state index contributed by atoms with van der Waals surface area (Å²) in [5.74, 6) is 2.30. The summed E-state index contributed by atoms with van der Waals surface area (Å²) in [7, 11) is 6.61. The maximum absolute atomic E-state index is 15.7. The van der Waals surface area contributed by atoms with E-state index in [0.29, 0.717) is 23.0 Å². The lowest BCUT2D eigenvalue weighted by molar-refractivity contribution is 0.399. The summed E-state index contributed by atoms with van der Waals surface area (Å²) in [6.07, 6.45) is 0. The minimum absolute atomic E-state index is 0.160. The van der Waals surface area contributed by atoms with E-state index in [1.54, 1.807) is 28.4 Å². The SMILES string of the molecule is COc1c2cc(C(C)(C)C)cc1Cn1c(=O)n(c3ccccc31)Cc1cc(C(C)(C)C)cc(c1OC)Cn1c(=O)n(c3ccccc31)Cc1cc(C(C)(C)C)cc(c1OC)Cn1c(=O)n(c3ccccc31)Cc1cc(C(C)(C)C)cc(c1OC)Cn1c(=O)n(c3ccccc31)C2. The topological polar surface area (TPSA) is 145 Å². The first-order valence-electron chi connectivity index (χ1n) is 33.1. The van der Waals surface area contributed by atoms with Gasteiger partial charge in [-0.2, -0.15) is 0 Å². The smallest absolute Gasteiger partial charge is 0.329 e. The predicted molar refractivity (Wildman–Crippen MR) is 384 cm³/mol. The first-order chi connectivity index (χ1) is 45.6. The number of benzene rings is 8. The lowest BCUT2D eigenvalue weighted by Crippen LogP contribution is -2.28. The number of imidazole rings is 4. The molecular formula is C80H88N8O8. The van der Waals surface area contributed by atoms with Gasteiger partial charge < -0.3 is 18.9 Å². The zero-order valence-corrected chi connectivity index (χ0v) is 58.4. The summed E-state index contributed by atoms with van der Waals surface area (Å²) in [6.45, 7) is 27.2. The van der Waals surface area contributed by atoms with E-state index in [4.69, 9.17) is 18.9 Å². The van der Waals surface area contributed by atoms with Crippen LogP contribution in [0, 0.1) is 0 Å². The van der Waals surface area contributed by atoms with E-state index in [-0.39, 0.29) is 96.8 Å². The van der Waals surface area contributed by atoms with Crippen molar-refractivity contribution in [1.82, 2.24) is 36.5 Å². The molecule has 496 valence electrons. The number of nitrogens with zero attached hydrogens (tertiary/aromatic N) is 8. The Labute approximate surface area is 559 Å². The zero-order valence-electron chi connectivity index (χ0n) is 58.4. The van der Waals surface area contributed by atoms with Gasteiger partial charge in [-0.1, -0.05) is 132 Å². The monoisotopic (exact) mass is 1290 g/mol. The van der Waals surface area contributed by atoms with Crippen LogP contribution in [0.3, 0.4) is 0 Å². The number of hydrogen-bond donors (Lipinski definition) is 0. The fraction of sp³-hybridized carbons (Fsp3) is 0.350. The molecule has 1 aliphatic rings. The molecule has 0 saturated carbocycles. The lowest BCUT2D eigenvalue weighted by atomic mass is 9.84. The number of hydrogen-bond acceptors (Lipinski definition) is 8. The quantitative estimate of drug-likeness (QED) is 0.169. The molecule has 0 spiro atoms. The zero-order chi connectivity index (χ0) is 68.2. The fourth-order valence-corrected chi connectivity index (χ4v) is 14.4. The normalized spacial score (nSPS) is 13.7. The van der Waals surface area contributed by atoms with E-state index in [9.17, 15) is 0 Å². The van der Waals surface area contributed by atoms with Gasteiger partial charge in [-0.3, -0.25) is 36.5 Å². The van der Waals surface area contributed by atoms with Crippen LogP contribution in [0.25, 0.3) is 44.1 Å². The van der Waals surface area contributed by atoms with Gasteiger partial charge in [0.1, 0.15) is 23.0 Å². The predicted octanol–water partition coefficient (Wildman–Crippen LogP) is 14.1. The summed E-state index contributed by atoms with van der Waals surface area (Å²) >= 11 is 0. The second kappa shape index (κ2) is 24.0. The highest BCUT2D eigenvalue weighted by Crippen LogP contribution is 2.40. The van der Waals surface area contributed by atoms with E-state index < -0.39 is 0 Å². The van der Waals surface area contributed by atoms with Gasteiger partial charge in [-0.25, -0.2) is 19.2 Å². The van der Waals surface area contributed by atoms with Crippen LogP contribution in [0.5, 0.6) is 23.0 Å². The minimum Gasteiger partial charge on any atom is -0.496 e. The molecule has 12 aromatic rings. The van der Waals surface area contributed by atoms with E-state index in [1.807, 2.05) is 134 Å². The van der Waals surface area contributed by atoms with Crippen LogP contribution in [0.15, 0.2) is 165 Å². The van der Waals surface area contributed by atoms with Gasteiger partial charge in [0.15, 0.2) is 0 Å². The summed E-state index contributed by atoms with van der Waals surface area (Å²) in [5, 5.41) is 0. The van der Waals surface area contributed by atoms with Crippen LogP contribution in [0.4, 0.5) is 0 Å². The Morgan fingerprint density at radius 3 is 0.469 bits per heavy atom. The molecule has 16 bridgehead atoms. The molecule has 13 rings (SSSR count). The maximum atomic E-state index is 15.7. The van der Waals surface area contributed by atoms with Gasteiger partial charge in [-0.15, -0.1) is 0 Å². The van der Waals surface area contributed by atoms with Crippen LogP contribution >= 0.6 is 0 Å². The first-order valence-corrected chi connectivity index (χ1v) is 33.1. The number of rotatable bonds is 4. The Morgan fingerprint density at radius 2 is 0.365 bits per heavy atom.